The molecular formula is C13H17ClN2. The Bertz CT molecular complexity index is 386. The monoisotopic (exact) mass is 236 g/mol. The van der Waals surface area contributed by atoms with Crippen LogP contribution in [0.4, 0.5) is 5.69 Å². The first-order valence-corrected chi connectivity index (χ1v) is 6.50. The zero-order valence-corrected chi connectivity index (χ0v) is 10.1. The average molecular weight is 237 g/mol. The van der Waals surface area contributed by atoms with Gasteiger partial charge in [0.1, 0.15) is 0 Å². The van der Waals surface area contributed by atoms with Crippen molar-refractivity contribution in [1.29, 1.82) is 0 Å². The predicted molar refractivity (Wildman–Crippen MR) is 68.1 cm³/mol. The fourth-order valence-corrected chi connectivity index (χ4v) is 3.08. The molecule has 3 heteroatoms. The fourth-order valence-electron chi connectivity index (χ4n) is 2.90. The molecule has 0 amide bonds. The Hall–Kier alpha value is -0.730. The molecule has 0 radical (unpaired) electrons. The smallest absolute Gasteiger partial charge is 0.0410 e. The molecule has 0 spiro atoms. The highest BCUT2D eigenvalue weighted by molar-refractivity contribution is 6.30. The fraction of sp³-hybridized carbons (Fsp3) is 0.538. The van der Waals surface area contributed by atoms with Crippen molar-refractivity contribution in [2.45, 2.75) is 25.3 Å². The lowest BCUT2D eigenvalue weighted by atomic mass is 9.97. The second-order valence-corrected chi connectivity index (χ2v) is 5.14. The summed E-state index contributed by atoms with van der Waals surface area (Å²) in [4.78, 5) is 2.61. The predicted octanol–water partition coefficient (Wildman–Crippen LogP) is 3.29. The lowest BCUT2D eigenvalue weighted by Gasteiger charge is -2.33. The SMILES string of the molecule is Clc1ccc2c(c1)C(N1CCCC1)CCN2. The number of hydrogen-bond acceptors (Lipinski definition) is 2. The van der Waals surface area contributed by atoms with Crippen LogP contribution < -0.4 is 5.32 Å². The summed E-state index contributed by atoms with van der Waals surface area (Å²) < 4.78 is 0. The third-order valence-electron chi connectivity index (χ3n) is 3.69. The Labute approximate surface area is 102 Å². The molecule has 1 fully saturated rings. The number of rotatable bonds is 1. The molecule has 2 nitrogen and oxygen atoms in total. The third-order valence-corrected chi connectivity index (χ3v) is 3.92. The van der Waals surface area contributed by atoms with Crippen LogP contribution in [0.2, 0.25) is 5.02 Å². The van der Waals surface area contributed by atoms with Gasteiger partial charge in [-0.25, -0.2) is 0 Å². The minimum absolute atomic E-state index is 0.581. The zero-order chi connectivity index (χ0) is 11.0. The van der Waals surface area contributed by atoms with Crippen LogP contribution in [0.15, 0.2) is 18.2 Å². The summed E-state index contributed by atoms with van der Waals surface area (Å²) in [5.41, 5.74) is 2.66. The molecule has 0 aromatic heterocycles. The van der Waals surface area contributed by atoms with Crippen LogP contribution in [0.3, 0.4) is 0 Å². The van der Waals surface area contributed by atoms with E-state index in [2.05, 4.69) is 22.3 Å². The number of halogens is 1. The normalized spacial score (nSPS) is 25.2. The minimum Gasteiger partial charge on any atom is -0.385 e. The Morgan fingerprint density at radius 2 is 2.06 bits per heavy atom. The number of anilines is 1. The summed E-state index contributed by atoms with van der Waals surface area (Å²) in [7, 11) is 0. The van der Waals surface area contributed by atoms with Crippen molar-refractivity contribution in [2.24, 2.45) is 0 Å². The zero-order valence-electron chi connectivity index (χ0n) is 9.38. The van der Waals surface area contributed by atoms with Crippen LogP contribution >= 0.6 is 11.6 Å². The Kier molecular flexibility index (Phi) is 2.78. The van der Waals surface area contributed by atoms with Crippen molar-refractivity contribution in [1.82, 2.24) is 4.90 Å². The molecule has 1 atom stereocenters. The molecule has 1 saturated heterocycles. The summed E-state index contributed by atoms with van der Waals surface area (Å²) in [5.74, 6) is 0. The summed E-state index contributed by atoms with van der Waals surface area (Å²) in [5, 5.41) is 4.31. The van der Waals surface area contributed by atoms with Gasteiger partial charge in [0.25, 0.3) is 0 Å². The van der Waals surface area contributed by atoms with E-state index in [0.29, 0.717) is 6.04 Å². The van der Waals surface area contributed by atoms with Crippen molar-refractivity contribution < 1.29 is 0 Å². The van der Waals surface area contributed by atoms with Crippen LogP contribution in [0.25, 0.3) is 0 Å². The maximum atomic E-state index is 6.10. The Balaban J connectivity index is 1.94. The molecule has 1 aromatic rings. The van der Waals surface area contributed by atoms with Gasteiger partial charge in [0.05, 0.1) is 0 Å². The van der Waals surface area contributed by atoms with E-state index in [-0.39, 0.29) is 0 Å². The van der Waals surface area contributed by atoms with Gasteiger partial charge in [0.15, 0.2) is 0 Å². The Morgan fingerprint density at radius 3 is 2.88 bits per heavy atom. The average Bonchev–Trinajstić information content (AvgIpc) is 2.81. The Morgan fingerprint density at radius 1 is 1.25 bits per heavy atom. The van der Waals surface area contributed by atoms with E-state index in [4.69, 9.17) is 11.6 Å². The van der Waals surface area contributed by atoms with E-state index >= 15 is 0 Å². The molecule has 2 aliphatic heterocycles. The topological polar surface area (TPSA) is 15.3 Å². The highest BCUT2D eigenvalue weighted by Gasteiger charge is 2.27. The lowest BCUT2D eigenvalue weighted by Crippen LogP contribution is -2.31. The molecule has 0 saturated carbocycles. The van der Waals surface area contributed by atoms with Crippen molar-refractivity contribution in [3.8, 4) is 0 Å². The minimum atomic E-state index is 0.581. The maximum absolute atomic E-state index is 6.10. The molecule has 86 valence electrons. The summed E-state index contributed by atoms with van der Waals surface area (Å²) in [6, 6.07) is 6.79. The molecule has 1 unspecified atom stereocenters. The van der Waals surface area contributed by atoms with Gasteiger partial charge in [-0.2, -0.15) is 0 Å². The molecule has 3 rings (SSSR count). The molecule has 1 aromatic carbocycles. The number of fused-ring (bicyclic) bond motifs is 1. The maximum Gasteiger partial charge on any atom is 0.0410 e. The highest BCUT2D eigenvalue weighted by Crippen LogP contribution is 2.37. The molecule has 0 bridgehead atoms. The van der Waals surface area contributed by atoms with Gasteiger partial charge in [-0.3, -0.25) is 4.90 Å². The van der Waals surface area contributed by atoms with E-state index in [1.54, 1.807) is 0 Å². The van der Waals surface area contributed by atoms with Crippen molar-refractivity contribution >= 4 is 17.3 Å². The summed E-state index contributed by atoms with van der Waals surface area (Å²) in [6.45, 7) is 3.57. The molecule has 0 aliphatic carbocycles. The van der Waals surface area contributed by atoms with E-state index in [9.17, 15) is 0 Å². The molecular weight excluding hydrogens is 220 g/mol. The largest absolute Gasteiger partial charge is 0.385 e. The number of nitrogens with zero attached hydrogens (tertiary/aromatic N) is 1. The van der Waals surface area contributed by atoms with Crippen molar-refractivity contribution in [2.75, 3.05) is 25.0 Å². The van der Waals surface area contributed by atoms with Gasteiger partial charge >= 0.3 is 0 Å². The molecule has 1 N–H and O–H groups in total. The molecule has 2 aliphatic rings. The second-order valence-electron chi connectivity index (χ2n) is 4.71. The quantitative estimate of drug-likeness (QED) is 0.805. The van der Waals surface area contributed by atoms with Crippen LogP contribution in [0.5, 0.6) is 0 Å². The first-order chi connectivity index (χ1) is 7.84. The molecule has 2 heterocycles. The van der Waals surface area contributed by atoms with E-state index in [1.165, 1.54) is 43.6 Å². The summed E-state index contributed by atoms with van der Waals surface area (Å²) >= 11 is 6.10. The highest BCUT2D eigenvalue weighted by atomic mass is 35.5. The van der Waals surface area contributed by atoms with Crippen LogP contribution in [-0.4, -0.2) is 24.5 Å². The third kappa shape index (κ3) is 1.80. The van der Waals surface area contributed by atoms with Gasteiger partial charge in [-0.05, 0) is 56.1 Å². The van der Waals surface area contributed by atoms with Crippen LogP contribution in [-0.2, 0) is 0 Å². The second kappa shape index (κ2) is 4.27. The number of benzene rings is 1. The lowest BCUT2D eigenvalue weighted by molar-refractivity contribution is 0.234. The first-order valence-electron chi connectivity index (χ1n) is 6.12. The standard InChI is InChI=1S/C13H17ClN2/c14-10-3-4-12-11(9-10)13(5-6-15-12)16-7-1-2-8-16/h3-4,9,13,15H,1-2,5-8H2. The van der Waals surface area contributed by atoms with Gasteiger partial charge in [-0.15, -0.1) is 0 Å². The van der Waals surface area contributed by atoms with Gasteiger partial charge < -0.3 is 5.32 Å². The van der Waals surface area contributed by atoms with E-state index < -0.39 is 0 Å². The van der Waals surface area contributed by atoms with Gasteiger partial charge in [0.2, 0.25) is 0 Å². The summed E-state index contributed by atoms with van der Waals surface area (Å²) in [6.07, 6.45) is 3.90. The van der Waals surface area contributed by atoms with Crippen LogP contribution in [0, 0.1) is 0 Å². The van der Waals surface area contributed by atoms with Crippen LogP contribution in [0.1, 0.15) is 30.9 Å². The van der Waals surface area contributed by atoms with Crippen molar-refractivity contribution in [3.63, 3.8) is 0 Å². The number of hydrogen-bond donors (Lipinski definition) is 1. The van der Waals surface area contributed by atoms with Gasteiger partial charge in [0, 0.05) is 23.3 Å². The first kappa shape index (κ1) is 10.4. The number of likely N-dealkylation sites (tertiary alicyclic amines) is 1. The van der Waals surface area contributed by atoms with Crippen molar-refractivity contribution in [3.05, 3.63) is 28.8 Å². The number of nitrogens with one attached hydrogen (secondary N) is 1. The van der Waals surface area contributed by atoms with E-state index in [1.807, 2.05) is 6.07 Å². The van der Waals surface area contributed by atoms with E-state index in [0.717, 1.165) is 11.6 Å². The molecule has 16 heavy (non-hydrogen) atoms. The van der Waals surface area contributed by atoms with Gasteiger partial charge in [-0.1, -0.05) is 11.6 Å².